The van der Waals surface area contributed by atoms with Crippen LogP contribution in [0.3, 0.4) is 0 Å². The van der Waals surface area contributed by atoms with Crippen LogP contribution in [-0.2, 0) is 0 Å². The Morgan fingerprint density at radius 2 is 2.00 bits per heavy atom. The first-order chi connectivity index (χ1) is 5.00. The van der Waals surface area contributed by atoms with Gasteiger partial charge >= 0.3 is 0 Å². The summed E-state index contributed by atoms with van der Waals surface area (Å²) in [6.45, 7) is 5.16. The van der Waals surface area contributed by atoms with Crippen molar-refractivity contribution in [3.05, 3.63) is 11.1 Å². The van der Waals surface area contributed by atoms with Crippen LogP contribution >= 0.6 is 15.9 Å². The van der Waals surface area contributed by atoms with Gasteiger partial charge in [-0.15, -0.1) is 0 Å². The molecule has 0 aliphatic carbocycles. The molecule has 3 heteroatoms. The maximum absolute atomic E-state index is 12.7. The molecule has 0 aromatic heterocycles. The lowest BCUT2D eigenvalue weighted by Gasteiger charge is -2.13. The van der Waals surface area contributed by atoms with E-state index in [9.17, 15) is 8.78 Å². The van der Waals surface area contributed by atoms with Gasteiger partial charge in [0, 0.05) is 6.42 Å². The first kappa shape index (κ1) is 11.1. The Morgan fingerprint density at radius 1 is 1.45 bits per heavy atom. The molecule has 0 radical (unpaired) electrons. The van der Waals surface area contributed by atoms with Gasteiger partial charge in [-0.2, -0.15) is 0 Å². The standard InChI is InChI=1S/C8H13BrF2/c1-3-4-5-6-8(10,11)7(2)9/h2-6H2,1H3. The highest BCUT2D eigenvalue weighted by atomic mass is 79.9. The molecule has 0 aliphatic rings. The lowest BCUT2D eigenvalue weighted by molar-refractivity contribution is 0.0399. The van der Waals surface area contributed by atoms with Gasteiger partial charge in [0.15, 0.2) is 0 Å². The second-order valence-electron chi connectivity index (χ2n) is 2.57. The Bertz CT molecular complexity index is 132. The highest BCUT2D eigenvalue weighted by Crippen LogP contribution is 2.32. The zero-order chi connectivity index (χ0) is 8.91. The van der Waals surface area contributed by atoms with E-state index in [0.29, 0.717) is 6.42 Å². The van der Waals surface area contributed by atoms with E-state index in [-0.39, 0.29) is 10.9 Å². The quantitative estimate of drug-likeness (QED) is 0.620. The van der Waals surface area contributed by atoms with E-state index < -0.39 is 5.92 Å². The van der Waals surface area contributed by atoms with Gasteiger partial charge in [0.25, 0.3) is 5.92 Å². The summed E-state index contributed by atoms with van der Waals surface area (Å²) < 4.78 is 25.2. The van der Waals surface area contributed by atoms with Crippen molar-refractivity contribution < 1.29 is 8.78 Å². The van der Waals surface area contributed by atoms with Crippen LogP contribution in [0.1, 0.15) is 32.6 Å². The van der Waals surface area contributed by atoms with Crippen molar-refractivity contribution in [2.24, 2.45) is 0 Å². The van der Waals surface area contributed by atoms with Crippen LogP contribution < -0.4 is 0 Å². The molecule has 0 bridgehead atoms. The van der Waals surface area contributed by atoms with Crippen LogP contribution in [0.15, 0.2) is 11.1 Å². The zero-order valence-corrected chi connectivity index (χ0v) is 8.26. The highest BCUT2D eigenvalue weighted by Gasteiger charge is 2.29. The number of hydrogen-bond donors (Lipinski definition) is 0. The zero-order valence-electron chi connectivity index (χ0n) is 6.67. The molecule has 0 aromatic rings. The Balaban J connectivity index is 3.64. The van der Waals surface area contributed by atoms with Crippen molar-refractivity contribution in [2.45, 2.75) is 38.5 Å². The van der Waals surface area contributed by atoms with Crippen LogP contribution in [0.5, 0.6) is 0 Å². The molecule has 0 fully saturated rings. The largest absolute Gasteiger partial charge is 0.278 e. The molecule has 0 unspecified atom stereocenters. The van der Waals surface area contributed by atoms with Crippen LogP contribution in [0, 0.1) is 0 Å². The second kappa shape index (κ2) is 4.86. The van der Waals surface area contributed by atoms with E-state index >= 15 is 0 Å². The summed E-state index contributed by atoms with van der Waals surface area (Å²) in [7, 11) is 0. The number of rotatable bonds is 5. The Hall–Kier alpha value is 0.0800. The molecule has 0 heterocycles. The normalized spacial score (nSPS) is 11.6. The number of hydrogen-bond acceptors (Lipinski definition) is 0. The van der Waals surface area contributed by atoms with Gasteiger partial charge in [0.2, 0.25) is 0 Å². The van der Waals surface area contributed by atoms with E-state index in [1.807, 2.05) is 6.92 Å². The molecular weight excluding hydrogens is 214 g/mol. The van der Waals surface area contributed by atoms with Crippen LogP contribution in [0.4, 0.5) is 8.78 Å². The lowest BCUT2D eigenvalue weighted by Crippen LogP contribution is -2.14. The van der Waals surface area contributed by atoms with Crippen molar-refractivity contribution in [3.63, 3.8) is 0 Å². The Kier molecular flexibility index (Phi) is 4.89. The molecule has 11 heavy (non-hydrogen) atoms. The summed E-state index contributed by atoms with van der Waals surface area (Å²) in [6.07, 6.45) is 2.29. The summed E-state index contributed by atoms with van der Waals surface area (Å²) in [5, 5.41) is 0. The minimum Gasteiger partial charge on any atom is -0.201 e. The summed E-state index contributed by atoms with van der Waals surface area (Å²) in [6, 6.07) is 0. The SMILES string of the molecule is C=C(Br)C(F)(F)CCCCC. The first-order valence-electron chi connectivity index (χ1n) is 3.73. The van der Waals surface area contributed by atoms with Crippen molar-refractivity contribution in [3.8, 4) is 0 Å². The van der Waals surface area contributed by atoms with Gasteiger partial charge in [0.05, 0.1) is 4.48 Å². The van der Waals surface area contributed by atoms with E-state index in [0.717, 1.165) is 12.8 Å². The molecule has 0 saturated heterocycles. The Morgan fingerprint density at radius 3 is 2.36 bits per heavy atom. The van der Waals surface area contributed by atoms with E-state index in [1.54, 1.807) is 0 Å². The fraction of sp³-hybridized carbons (Fsp3) is 0.750. The van der Waals surface area contributed by atoms with Gasteiger partial charge in [-0.05, 0) is 22.4 Å². The summed E-state index contributed by atoms with van der Waals surface area (Å²) >= 11 is 2.70. The summed E-state index contributed by atoms with van der Waals surface area (Å²) in [5.74, 6) is -2.73. The predicted molar refractivity (Wildman–Crippen MR) is 47.2 cm³/mol. The number of allylic oxidation sites excluding steroid dienone is 1. The van der Waals surface area contributed by atoms with Gasteiger partial charge in [-0.1, -0.05) is 26.3 Å². The fourth-order valence-electron chi connectivity index (χ4n) is 0.733. The van der Waals surface area contributed by atoms with Gasteiger partial charge in [-0.3, -0.25) is 0 Å². The molecule has 0 nitrogen and oxygen atoms in total. The average molecular weight is 227 g/mol. The third kappa shape index (κ3) is 4.51. The van der Waals surface area contributed by atoms with E-state index in [4.69, 9.17) is 0 Å². The second-order valence-corrected chi connectivity index (χ2v) is 3.52. The van der Waals surface area contributed by atoms with Crippen LogP contribution in [0.25, 0.3) is 0 Å². The molecule has 0 spiro atoms. The molecule has 0 aromatic carbocycles. The van der Waals surface area contributed by atoms with Gasteiger partial charge in [-0.25, -0.2) is 8.78 Å². The van der Waals surface area contributed by atoms with Crippen molar-refractivity contribution >= 4 is 15.9 Å². The van der Waals surface area contributed by atoms with Crippen LogP contribution in [0.2, 0.25) is 0 Å². The van der Waals surface area contributed by atoms with Crippen molar-refractivity contribution in [1.82, 2.24) is 0 Å². The van der Waals surface area contributed by atoms with Gasteiger partial charge < -0.3 is 0 Å². The van der Waals surface area contributed by atoms with Crippen LogP contribution in [-0.4, -0.2) is 5.92 Å². The summed E-state index contributed by atoms with van der Waals surface area (Å²) in [5.41, 5.74) is 0. The molecule has 0 N–H and O–H groups in total. The highest BCUT2D eigenvalue weighted by molar-refractivity contribution is 9.11. The maximum atomic E-state index is 12.7. The van der Waals surface area contributed by atoms with Crippen molar-refractivity contribution in [1.29, 1.82) is 0 Å². The number of halogens is 3. The summed E-state index contributed by atoms with van der Waals surface area (Å²) in [4.78, 5) is 0. The third-order valence-electron chi connectivity index (χ3n) is 1.49. The molecule has 0 rings (SSSR count). The maximum Gasteiger partial charge on any atom is 0.278 e. The minimum absolute atomic E-state index is 0.0923. The molecule has 0 amide bonds. The first-order valence-corrected chi connectivity index (χ1v) is 4.52. The predicted octanol–water partition coefficient (Wildman–Crippen LogP) is 4.11. The van der Waals surface area contributed by atoms with Crippen molar-refractivity contribution in [2.75, 3.05) is 0 Å². The minimum atomic E-state index is -2.73. The molecule has 66 valence electrons. The average Bonchev–Trinajstić information content (AvgIpc) is 1.88. The number of unbranched alkanes of at least 4 members (excludes halogenated alkanes) is 2. The Labute approximate surface area is 74.8 Å². The van der Waals surface area contributed by atoms with Gasteiger partial charge in [0.1, 0.15) is 0 Å². The van der Waals surface area contributed by atoms with E-state index in [1.165, 1.54) is 0 Å². The fourth-order valence-corrected chi connectivity index (χ4v) is 0.931. The lowest BCUT2D eigenvalue weighted by atomic mass is 10.1. The third-order valence-corrected chi connectivity index (χ3v) is 2.07. The van der Waals surface area contributed by atoms with E-state index in [2.05, 4.69) is 22.5 Å². The topological polar surface area (TPSA) is 0 Å². The molecule has 0 atom stereocenters. The molecule has 0 saturated carbocycles. The number of alkyl halides is 2. The smallest absolute Gasteiger partial charge is 0.201 e. The monoisotopic (exact) mass is 226 g/mol. The molecular formula is C8H13BrF2. The molecule has 0 aliphatic heterocycles.